The summed E-state index contributed by atoms with van der Waals surface area (Å²) in [6.45, 7) is 3.15. The molecule has 0 fully saturated rings. The molecule has 3 aliphatic heterocycles. The zero-order valence-electron chi connectivity index (χ0n) is 18.6. The number of allylic oxidation sites excluding steroid dienone is 5. The Bertz CT molecular complexity index is 1140. The summed E-state index contributed by atoms with van der Waals surface area (Å²) >= 11 is 6.48. The third-order valence-electron chi connectivity index (χ3n) is 6.61. The highest BCUT2D eigenvalue weighted by molar-refractivity contribution is 6.32. The van der Waals surface area contributed by atoms with E-state index in [-0.39, 0.29) is 6.04 Å². The molecule has 2 unspecified atom stereocenters. The van der Waals surface area contributed by atoms with Gasteiger partial charge in [-0.2, -0.15) is 0 Å². The van der Waals surface area contributed by atoms with Gasteiger partial charge in [0.2, 0.25) is 0 Å². The minimum absolute atomic E-state index is 0.110. The summed E-state index contributed by atoms with van der Waals surface area (Å²) in [5.74, 6) is 2.22. The first kappa shape index (κ1) is 21.0. The van der Waals surface area contributed by atoms with Crippen LogP contribution >= 0.6 is 11.6 Å². The maximum Gasteiger partial charge on any atom is 0.137 e. The molecule has 0 saturated heterocycles. The van der Waals surface area contributed by atoms with Gasteiger partial charge in [0.25, 0.3) is 0 Å². The van der Waals surface area contributed by atoms with E-state index in [0.29, 0.717) is 5.92 Å². The van der Waals surface area contributed by atoms with Crippen LogP contribution in [0.15, 0.2) is 86.6 Å². The van der Waals surface area contributed by atoms with Crippen LogP contribution in [0.5, 0.6) is 5.75 Å². The predicted octanol–water partition coefficient (Wildman–Crippen LogP) is 6.27. The zero-order valence-corrected chi connectivity index (χ0v) is 19.3. The van der Waals surface area contributed by atoms with Gasteiger partial charge in [-0.15, -0.1) is 0 Å². The number of aliphatic imine (C=N–C) groups is 2. The normalized spacial score (nSPS) is 24.7. The molecule has 0 aromatic heterocycles. The van der Waals surface area contributed by atoms with Crippen molar-refractivity contribution >= 4 is 23.7 Å². The Labute approximate surface area is 195 Å². The molecule has 5 rings (SSSR count). The monoisotopic (exact) mass is 445 g/mol. The van der Waals surface area contributed by atoms with Gasteiger partial charge in [0.15, 0.2) is 0 Å². The molecule has 1 aromatic rings. The lowest BCUT2D eigenvalue weighted by Gasteiger charge is -2.37. The van der Waals surface area contributed by atoms with Crippen molar-refractivity contribution < 1.29 is 4.74 Å². The third kappa shape index (κ3) is 4.00. The van der Waals surface area contributed by atoms with Crippen LogP contribution in [0.1, 0.15) is 49.7 Å². The van der Waals surface area contributed by atoms with Crippen LogP contribution in [0.3, 0.4) is 0 Å². The summed E-state index contributed by atoms with van der Waals surface area (Å²) in [5, 5.41) is 0.838. The van der Waals surface area contributed by atoms with Gasteiger partial charge in [0.1, 0.15) is 11.6 Å². The molecular formula is C27H28ClN3O. The molecule has 3 heterocycles. The lowest BCUT2D eigenvalue weighted by atomic mass is 9.89. The number of nitrogens with zero attached hydrogens (tertiary/aromatic N) is 3. The second-order valence-electron chi connectivity index (χ2n) is 8.66. The van der Waals surface area contributed by atoms with Gasteiger partial charge in [-0.1, -0.05) is 48.9 Å². The minimum atomic E-state index is 0.110. The van der Waals surface area contributed by atoms with Crippen LogP contribution in [-0.4, -0.2) is 36.6 Å². The minimum Gasteiger partial charge on any atom is -0.497 e. The summed E-state index contributed by atoms with van der Waals surface area (Å²) < 4.78 is 5.61. The standard InChI is InChI=1S/C27H28ClN3O/c1-18-8-11-26(20-5-4-13-29-17-20)30-27(24-16-22(32-2)9-10-23(18)24)31-14-12-19-15-21(31)6-3-7-25(19)28/h3,6-7,9-11,13,15-18,21H,4-5,8,12,14H2,1-2H3. The van der Waals surface area contributed by atoms with Crippen LogP contribution in [-0.2, 0) is 0 Å². The fraction of sp³-hybridized carbons (Fsp3) is 0.333. The maximum absolute atomic E-state index is 6.48. The Hall–Kier alpha value is -2.85. The van der Waals surface area contributed by atoms with E-state index in [1.54, 1.807) is 7.11 Å². The Kier molecular flexibility index (Phi) is 5.88. The third-order valence-corrected chi connectivity index (χ3v) is 6.98. The number of methoxy groups -OCH3 is 1. The van der Waals surface area contributed by atoms with Crippen molar-refractivity contribution in [1.82, 2.24) is 4.90 Å². The second kappa shape index (κ2) is 8.95. The van der Waals surface area contributed by atoms with Crippen molar-refractivity contribution in [3.63, 3.8) is 0 Å². The number of halogens is 1. The van der Waals surface area contributed by atoms with Crippen LogP contribution in [0.25, 0.3) is 0 Å². The van der Waals surface area contributed by atoms with Gasteiger partial charge in [-0.25, -0.2) is 4.99 Å². The molecule has 164 valence electrons. The molecule has 5 heteroatoms. The molecule has 32 heavy (non-hydrogen) atoms. The molecule has 1 aromatic carbocycles. The molecule has 0 amide bonds. The van der Waals surface area contributed by atoms with Gasteiger partial charge in [-0.3, -0.25) is 4.99 Å². The van der Waals surface area contributed by atoms with E-state index in [0.717, 1.165) is 60.1 Å². The Morgan fingerprint density at radius 3 is 2.91 bits per heavy atom. The predicted molar refractivity (Wildman–Crippen MR) is 133 cm³/mol. The summed E-state index contributed by atoms with van der Waals surface area (Å²) in [6, 6.07) is 6.51. The van der Waals surface area contributed by atoms with E-state index >= 15 is 0 Å². The van der Waals surface area contributed by atoms with Crippen molar-refractivity contribution in [3.8, 4) is 5.75 Å². The van der Waals surface area contributed by atoms with E-state index in [2.05, 4.69) is 59.3 Å². The molecule has 0 radical (unpaired) electrons. The van der Waals surface area contributed by atoms with E-state index < -0.39 is 0 Å². The fourth-order valence-electron chi connectivity index (χ4n) is 4.77. The number of fused-ring (bicyclic) bond motifs is 2. The van der Waals surface area contributed by atoms with Crippen LogP contribution in [0.4, 0.5) is 0 Å². The van der Waals surface area contributed by atoms with E-state index in [1.807, 2.05) is 18.5 Å². The molecule has 1 aliphatic carbocycles. The molecule has 0 N–H and O–H groups in total. The number of hydrogen-bond donors (Lipinski definition) is 0. The van der Waals surface area contributed by atoms with E-state index in [9.17, 15) is 0 Å². The summed E-state index contributed by atoms with van der Waals surface area (Å²) in [4.78, 5) is 12.1. The number of amidine groups is 1. The van der Waals surface area contributed by atoms with Crippen molar-refractivity contribution in [1.29, 1.82) is 0 Å². The molecule has 2 atom stereocenters. The Morgan fingerprint density at radius 1 is 1.19 bits per heavy atom. The summed E-state index contributed by atoms with van der Waals surface area (Å²) in [5.41, 5.74) is 5.91. The van der Waals surface area contributed by atoms with Crippen molar-refractivity contribution in [2.75, 3.05) is 13.7 Å². The summed E-state index contributed by atoms with van der Waals surface area (Å²) in [7, 11) is 1.72. The quantitative estimate of drug-likeness (QED) is 0.537. The average Bonchev–Trinajstić information content (AvgIpc) is 2.97. The lowest BCUT2D eigenvalue weighted by molar-refractivity contribution is 0.388. The largest absolute Gasteiger partial charge is 0.497 e. The SMILES string of the molecule is COc1ccc2c(c1)C(N1CCC3=CC1C=CC=C3Cl)=NC(C1=CN=CCC1)=CCC2C. The topological polar surface area (TPSA) is 37.2 Å². The highest BCUT2D eigenvalue weighted by atomic mass is 35.5. The Balaban J connectivity index is 1.67. The number of hydrogen-bond acceptors (Lipinski definition) is 4. The molecule has 4 aliphatic rings. The van der Waals surface area contributed by atoms with Crippen LogP contribution in [0, 0.1) is 0 Å². The molecular weight excluding hydrogens is 418 g/mol. The van der Waals surface area contributed by atoms with Gasteiger partial charge in [0, 0.05) is 29.6 Å². The van der Waals surface area contributed by atoms with E-state index in [4.69, 9.17) is 21.3 Å². The Morgan fingerprint density at radius 2 is 2.09 bits per heavy atom. The highest BCUT2D eigenvalue weighted by Crippen LogP contribution is 2.36. The first-order valence-electron chi connectivity index (χ1n) is 11.3. The first-order chi connectivity index (χ1) is 15.6. The van der Waals surface area contributed by atoms with Crippen molar-refractivity contribution in [2.24, 2.45) is 9.98 Å². The van der Waals surface area contributed by atoms with Crippen molar-refractivity contribution in [3.05, 3.63) is 87.8 Å². The molecule has 0 saturated carbocycles. The number of rotatable bonds is 2. The van der Waals surface area contributed by atoms with Gasteiger partial charge in [-0.05, 0) is 66.5 Å². The highest BCUT2D eigenvalue weighted by Gasteiger charge is 2.30. The van der Waals surface area contributed by atoms with Crippen molar-refractivity contribution in [2.45, 2.75) is 44.6 Å². The fourth-order valence-corrected chi connectivity index (χ4v) is 5.01. The molecule has 4 nitrogen and oxygen atoms in total. The van der Waals surface area contributed by atoms with E-state index in [1.165, 1.54) is 16.7 Å². The van der Waals surface area contributed by atoms with Gasteiger partial charge in [0.05, 0.1) is 18.8 Å². The number of ether oxygens (including phenoxy) is 1. The van der Waals surface area contributed by atoms with Crippen LogP contribution in [0.2, 0.25) is 0 Å². The number of benzene rings is 1. The lowest BCUT2D eigenvalue weighted by Crippen LogP contribution is -2.42. The first-order valence-corrected chi connectivity index (χ1v) is 11.7. The van der Waals surface area contributed by atoms with Crippen LogP contribution < -0.4 is 4.74 Å². The van der Waals surface area contributed by atoms with Gasteiger partial charge < -0.3 is 9.64 Å². The molecule has 0 spiro atoms. The van der Waals surface area contributed by atoms with Gasteiger partial charge >= 0.3 is 0 Å². The smallest absolute Gasteiger partial charge is 0.137 e. The molecule has 2 bridgehead atoms. The second-order valence-corrected chi connectivity index (χ2v) is 9.07. The zero-order chi connectivity index (χ0) is 22.1. The summed E-state index contributed by atoms with van der Waals surface area (Å²) in [6.07, 6.45) is 18.5. The average molecular weight is 446 g/mol. The maximum atomic E-state index is 6.48.